The van der Waals surface area contributed by atoms with Crippen molar-refractivity contribution >= 4 is 27.5 Å². The van der Waals surface area contributed by atoms with E-state index in [2.05, 4.69) is 10.2 Å². The fourth-order valence-corrected chi connectivity index (χ4v) is 3.03. The van der Waals surface area contributed by atoms with Crippen LogP contribution in [0.25, 0.3) is 11.3 Å². The van der Waals surface area contributed by atoms with Gasteiger partial charge in [-0.3, -0.25) is 14.2 Å². The zero-order valence-electron chi connectivity index (χ0n) is 15.8. The Morgan fingerprint density at radius 1 is 1.07 bits per heavy atom. The number of H-pyrrole nitrogens is 1. The number of aromatic amines is 1. The molecule has 1 heterocycles. The first kappa shape index (κ1) is 20.3. The van der Waals surface area contributed by atoms with Crippen LogP contribution in [-0.2, 0) is 14.8 Å². The number of nitrogens with one attached hydrogen (secondary N) is 1. The molecule has 0 saturated carbocycles. The van der Waals surface area contributed by atoms with Crippen LogP contribution in [0.4, 0.5) is 5.69 Å². The number of nitrogens with zero attached hydrogens (tertiary/aromatic N) is 2. The Morgan fingerprint density at radius 3 is 2.34 bits per heavy atom. The molecule has 1 N–H and O–H groups in total. The molecule has 0 fully saturated rings. The minimum absolute atomic E-state index is 0.141. The number of anilines is 1. The van der Waals surface area contributed by atoms with Crippen LogP contribution in [0.3, 0.4) is 0 Å². The van der Waals surface area contributed by atoms with Gasteiger partial charge in [-0.25, -0.2) is 13.2 Å². The molecular weight excluding hydrogens is 394 g/mol. The van der Waals surface area contributed by atoms with E-state index in [-0.39, 0.29) is 5.69 Å². The lowest BCUT2D eigenvalue weighted by Crippen LogP contribution is -2.24. The molecule has 150 valence electrons. The molecule has 0 amide bonds. The van der Waals surface area contributed by atoms with Gasteiger partial charge in [-0.1, -0.05) is 30.3 Å². The van der Waals surface area contributed by atoms with Crippen LogP contribution < -0.4 is 4.31 Å². The summed E-state index contributed by atoms with van der Waals surface area (Å²) in [6, 6.07) is 16.9. The number of esters is 1. The van der Waals surface area contributed by atoms with Gasteiger partial charge in [0.25, 0.3) is 0 Å². The van der Waals surface area contributed by atoms with Gasteiger partial charge >= 0.3 is 5.97 Å². The minimum atomic E-state index is -3.39. The quantitative estimate of drug-likeness (QED) is 0.471. The SMILES string of the molecule is CN(c1ccc(C(=O)COC(=O)c2cc(-c3ccccc3)n[nH]2)cc1)S(C)(=O)=O. The van der Waals surface area contributed by atoms with Crippen LogP contribution in [0.1, 0.15) is 20.8 Å². The Kier molecular flexibility index (Phi) is 5.79. The Labute approximate surface area is 168 Å². The molecule has 1 aromatic heterocycles. The number of aromatic nitrogens is 2. The maximum absolute atomic E-state index is 12.3. The predicted molar refractivity (Wildman–Crippen MR) is 108 cm³/mol. The van der Waals surface area contributed by atoms with E-state index in [1.165, 1.54) is 31.3 Å². The fraction of sp³-hybridized carbons (Fsp3) is 0.150. The van der Waals surface area contributed by atoms with E-state index in [4.69, 9.17) is 4.74 Å². The topological polar surface area (TPSA) is 109 Å². The number of rotatable bonds is 7. The van der Waals surface area contributed by atoms with E-state index in [9.17, 15) is 18.0 Å². The highest BCUT2D eigenvalue weighted by Gasteiger charge is 2.16. The number of sulfonamides is 1. The van der Waals surface area contributed by atoms with Crippen LogP contribution >= 0.6 is 0 Å². The summed E-state index contributed by atoms with van der Waals surface area (Å²) in [4.78, 5) is 24.4. The number of ketones is 1. The monoisotopic (exact) mass is 413 g/mol. The molecule has 9 heteroatoms. The summed E-state index contributed by atoms with van der Waals surface area (Å²) in [6.45, 7) is -0.445. The highest BCUT2D eigenvalue weighted by molar-refractivity contribution is 7.92. The smallest absolute Gasteiger partial charge is 0.356 e. The lowest BCUT2D eigenvalue weighted by molar-refractivity contribution is 0.0469. The summed E-state index contributed by atoms with van der Waals surface area (Å²) >= 11 is 0. The van der Waals surface area contributed by atoms with E-state index in [1.54, 1.807) is 6.07 Å². The van der Waals surface area contributed by atoms with Gasteiger partial charge < -0.3 is 4.74 Å². The molecule has 0 spiro atoms. The average molecular weight is 413 g/mol. The Morgan fingerprint density at radius 2 is 1.72 bits per heavy atom. The molecule has 2 aromatic carbocycles. The van der Waals surface area contributed by atoms with Gasteiger partial charge in [0.15, 0.2) is 12.4 Å². The van der Waals surface area contributed by atoms with Gasteiger partial charge in [0.1, 0.15) is 5.69 Å². The fourth-order valence-electron chi connectivity index (χ4n) is 2.52. The second kappa shape index (κ2) is 8.27. The Hall–Kier alpha value is -3.46. The van der Waals surface area contributed by atoms with Crippen molar-refractivity contribution in [1.29, 1.82) is 0 Å². The molecular formula is C20H19N3O5S. The van der Waals surface area contributed by atoms with Crippen molar-refractivity contribution in [3.05, 3.63) is 71.9 Å². The lowest BCUT2D eigenvalue weighted by Gasteiger charge is -2.16. The van der Waals surface area contributed by atoms with E-state index >= 15 is 0 Å². The van der Waals surface area contributed by atoms with Gasteiger partial charge in [0.2, 0.25) is 10.0 Å². The van der Waals surface area contributed by atoms with Crippen molar-refractivity contribution in [2.24, 2.45) is 0 Å². The van der Waals surface area contributed by atoms with Crippen LogP contribution in [0.2, 0.25) is 0 Å². The van der Waals surface area contributed by atoms with Gasteiger partial charge in [-0.2, -0.15) is 5.10 Å². The molecule has 0 unspecified atom stereocenters. The third kappa shape index (κ3) is 4.88. The standard InChI is InChI=1S/C20H19N3O5S/c1-23(29(2,26)27)16-10-8-15(9-11-16)19(24)13-28-20(25)18-12-17(21-22-18)14-6-4-3-5-7-14/h3-12H,13H2,1-2H3,(H,21,22). The maximum atomic E-state index is 12.3. The first-order valence-electron chi connectivity index (χ1n) is 8.61. The average Bonchev–Trinajstić information content (AvgIpc) is 3.22. The molecule has 0 aliphatic heterocycles. The van der Waals surface area contributed by atoms with Crippen LogP contribution in [0.5, 0.6) is 0 Å². The molecule has 0 aliphatic rings. The molecule has 0 atom stereocenters. The van der Waals surface area contributed by atoms with Crippen molar-refractivity contribution in [2.75, 3.05) is 24.2 Å². The summed E-state index contributed by atoms with van der Waals surface area (Å²) in [6.07, 6.45) is 1.09. The third-order valence-corrected chi connectivity index (χ3v) is 5.46. The predicted octanol–water partition coefficient (Wildman–Crippen LogP) is 2.51. The number of hydrogen-bond acceptors (Lipinski definition) is 6. The lowest BCUT2D eigenvalue weighted by atomic mass is 10.1. The first-order valence-corrected chi connectivity index (χ1v) is 10.5. The van der Waals surface area contributed by atoms with Gasteiger partial charge in [0, 0.05) is 18.2 Å². The molecule has 8 nitrogen and oxygen atoms in total. The summed E-state index contributed by atoms with van der Waals surface area (Å²) in [5.41, 5.74) is 2.30. The second-order valence-corrected chi connectivity index (χ2v) is 8.32. The number of Topliss-reactive ketones (excluding diaryl/α,β-unsaturated/α-hetero) is 1. The summed E-state index contributed by atoms with van der Waals surface area (Å²) in [5, 5.41) is 6.68. The molecule has 3 rings (SSSR count). The molecule has 0 bridgehead atoms. The molecule has 0 aliphatic carbocycles. The first-order chi connectivity index (χ1) is 13.8. The van der Waals surface area contributed by atoms with Crippen molar-refractivity contribution in [3.63, 3.8) is 0 Å². The summed E-state index contributed by atoms with van der Waals surface area (Å²) in [5.74, 6) is -1.10. The van der Waals surface area contributed by atoms with Crippen molar-refractivity contribution in [1.82, 2.24) is 10.2 Å². The molecule has 0 saturated heterocycles. The van der Waals surface area contributed by atoms with E-state index < -0.39 is 28.4 Å². The summed E-state index contributed by atoms with van der Waals surface area (Å²) in [7, 11) is -1.97. The summed E-state index contributed by atoms with van der Waals surface area (Å²) < 4.78 is 29.3. The van der Waals surface area contributed by atoms with Crippen LogP contribution in [0, 0.1) is 0 Å². The number of carbonyl (C=O) groups excluding carboxylic acids is 2. The van der Waals surface area contributed by atoms with Crippen molar-refractivity contribution < 1.29 is 22.7 Å². The number of ether oxygens (including phenoxy) is 1. The number of benzene rings is 2. The van der Waals surface area contributed by atoms with Crippen molar-refractivity contribution in [3.8, 4) is 11.3 Å². The molecule has 29 heavy (non-hydrogen) atoms. The third-order valence-electron chi connectivity index (χ3n) is 4.25. The number of hydrogen-bond donors (Lipinski definition) is 1. The minimum Gasteiger partial charge on any atom is -0.453 e. The highest BCUT2D eigenvalue weighted by Crippen LogP contribution is 2.18. The number of carbonyl (C=O) groups is 2. The van der Waals surface area contributed by atoms with Gasteiger partial charge in [0.05, 0.1) is 17.6 Å². The van der Waals surface area contributed by atoms with Gasteiger partial charge in [-0.05, 0) is 30.3 Å². The maximum Gasteiger partial charge on any atom is 0.356 e. The van der Waals surface area contributed by atoms with Crippen molar-refractivity contribution in [2.45, 2.75) is 0 Å². The molecule has 0 radical (unpaired) electrons. The second-order valence-electron chi connectivity index (χ2n) is 6.31. The molecule has 3 aromatic rings. The van der Waals surface area contributed by atoms with Crippen LogP contribution in [-0.4, -0.2) is 50.3 Å². The van der Waals surface area contributed by atoms with E-state index in [0.29, 0.717) is 16.9 Å². The Balaban J connectivity index is 1.61. The largest absolute Gasteiger partial charge is 0.453 e. The highest BCUT2D eigenvalue weighted by atomic mass is 32.2. The Bertz CT molecular complexity index is 1120. The zero-order chi connectivity index (χ0) is 21.0. The van der Waals surface area contributed by atoms with Crippen LogP contribution in [0.15, 0.2) is 60.7 Å². The van der Waals surface area contributed by atoms with E-state index in [0.717, 1.165) is 16.1 Å². The van der Waals surface area contributed by atoms with Gasteiger partial charge in [-0.15, -0.1) is 0 Å². The zero-order valence-corrected chi connectivity index (χ0v) is 16.6. The normalized spacial score (nSPS) is 11.1. The van der Waals surface area contributed by atoms with E-state index in [1.807, 2.05) is 30.3 Å².